The number of carbonyl (C=O) groups is 1. The number of rotatable bonds is 6. The molecule has 0 radical (unpaired) electrons. The van der Waals surface area contributed by atoms with Crippen LogP contribution in [0.15, 0.2) is 48.5 Å². The number of hydrogen-bond donors (Lipinski definition) is 2. The van der Waals surface area contributed by atoms with Crippen LogP contribution in [0.4, 0.5) is 0 Å². The number of aromatic amines is 1. The van der Waals surface area contributed by atoms with E-state index in [1.807, 2.05) is 30.3 Å². The molecule has 128 valence electrons. The third-order valence-electron chi connectivity index (χ3n) is 3.49. The van der Waals surface area contributed by atoms with Gasteiger partial charge in [0.15, 0.2) is 17.2 Å². The van der Waals surface area contributed by atoms with Crippen LogP contribution in [-0.2, 0) is 11.3 Å². The van der Waals surface area contributed by atoms with E-state index in [2.05, 4.69) is 15.4 Å². The number of aromatic hydroxyl groups is 1. The van der Waals surface area contributed by atoms with Gasteiger partial charge in [-0.3, -0.25) is 0 Å². The van der Waals surface area contributed by atoms with Gasteiger partial charge in [-0.15, -0.1) is 5.10 Å². The maximum Gasteiger partial charge on any atom is 0.361 e. The zero-order valence-corrected chi connectivity index (χ0v) is 13.6. The average Bonchev–Trinajstić information content (AvgIpc) is 3.12. The van der Waals surface area contributed by atoms with Crippen molar-refractivity contribution in [2.75, 3.05) is 6.61 Å². The lowest BCUT2D eigenvalue weighted by atomic mass is 10.1. The average molecular weight is 339 g/mol. The molecule has 0 unspecified atom stereocenters. The van der Waals surface area contributed by atoms with E-state index in [9.17, 15) is 9.90 Å². The highest BCUT2D eigenvalue weighted by atomic mass is 16.5. The Bertz CT molecular complexity index is 862. The number of nitrogens with zero attached hydrogens (tertiary/aromatic N) is 2. The first kappa shape index (κ1) is 16.5. The summed E-state index contributed by atoms with van der Waals surface area (Å²) in [7, 11) is 0. The number of aromatic nitrogens is 3. The maximum atomic E-state index is 11.9. The van der Waals surface area contributed by atoms with Gasteiger partial charge in [0.05, 0.1) is 6.61 Å². The van der Waals surface area contributed by atoms with Gasteiger partial charge >= 0.3 is 5.97 Å². The van der Waals surface area contributed by atoms with Crippen molar-refractivity contribution in [3.05, 3.63) is 59.8 Å². The van der Waals surface area contributed by atoms with Gasteiger partial charge < -0.3 is 14.6 Å². The van der Waals surface area contributed by atoms with Crippen LogP contribution in [0.3, 0.4) is 0 Å². The Kier molecular flexibility index (Phi) is 4.94. The van der Waals surface area contributed by atoms with Crippen LogP contribution in [0.1, 0.15) is 23.0 Å². The fraction of sp³-hybridized carbons (Fsp3) is 0.167. The number of benzene rings is 2. The molecule has 0 aliphatic rings. The van der Waals surface area contributed by atoms with Gasteiger partial charge in [-0.25, -0.2) is 4.79 Å². The summed E-state index contributed by atoms with van der Waals surface area (Å²) in [6.45, 7) is 2.27. The van der Waals surface area contributed by atoms with Crippen LogP contribution in [0, 0.1) is 0 Å². The number of esters is 1. The van der Waals surface area contributed by atoms with Gasteiger partial charge in [-0.05, 0) is 30.7 Å². The molecular weight excluding hydrogens is 322 g/mol. The highest BCUT2D eigenvalue weighted by molar-refractivity contribution is 5.94. The molecular formula is C18H17N3O4. The van der Waals surface area contributed by atoms with E-state index in [-0.39, 0.29) is 18.1 Å². The third kappa shape index (κ3) is 3.77. The van der Waals surface area contributed by atoms with Crippen molar-refractivity contribution >= 4 is 5.97 Å². The SMILES string of the molecule is CCOC(=O)c1n[nH]nc1-c1ccc(O)c(OCc2ccccc2)c1. The van der Waals surface area contributed by atoms with Crippen molar-refractivity contribution in [2.24, 2.45) is 0 Å². The number of carbonyl (C=O) groups excluding carboxylic acids is 1. The number of hydrogen-bond acceptors (Lipinski definition) is 6. The molecule has 1 aromatic heterocycles. The van der Waals surface area contributed by atoms with Crippen LogP contribution in [-0.4, -0.2) is 33.1 Å². The van der Waals surface area contributed by atoms with Crippen molar-refractivity contribution in [3.8, 4) is 22.8 Å². The summed E-state index contributed by atoms with van der Waals surface area (Å²) in [6, 6.07) is 14.3. The number of nitrogens with one attached hydrogen (secondary N) is 1. The molecule has 0 aliphatic heterocycles. The zero-order valence-electron chi connectivity index (χ0n) is 13.6. The summed E-state index contributed by atoms with van der Waals surface area (Å²) in [5.41, 5.74) is 1.98. The lowest BCUT2D eigenvalue weighted by Crippen LogP contribution is -2.06. The van der Waals surface area contributed by atoms with Gasteiger partial charge in [-0.2, -0.15) is 10.3 Å². The standard InChI is InChI=1S/C18H17N3O4/c1-2-24-18(23)17-16(19-21-20-17)13-8-9-14(22)15(10-13)25-11-12-6-4-3-5-7-12/h3-10,22H,2,11H2,1H3,(H,19,20,21). The summed E-state index contributed by atoms with van der Waals surface area (Å²) in [6.07, 6.45) is 0. The van der Waals surface area contributed by atoms with Gasteiger partial charge in [0.2, 0.25) is 0 Å². The van der Waals surface area contributed by atoms with Crippen molar-refractivity contribution in [1.82, 2.24) is 15.4 Å². The summed E-state index contributed by atoms with van der Waals surface area (Å²) in [5, 5.41) is 20.3. The minimum atomic E-state index is -0.564. The van der Waals surface area contributed by atoms with Crippen molar-refractivity contribution in [1.29, 1.82) is 0 Å². The van der Waals surface area contributed by atoms with E-state index in [0.29, 0.717) is 23.6 Å². The Labute approximate surface area is 144 Å². The van der Waals surface area contributed by atoms with E-state index in [0.717, 1.165) is 5.56 Å². The van der Waals surface area contributed by atoms with E-state index >= 15 is 0 Å². The molecule has 0 saturated heterocycles. The minimum absolute atomic E-state index is 0.000797. The largest absolute Gasteiger partial charge is 0.504 e. The molecule has 2 N–H and O–H groups in total. The number of H-pyrrole nitrogens is 1. The Morgan fingerprint density at radius 1 is 1.16 bits per heavy atom. The topological polar surface area (TPSA) is 97.3 Å². The molecule has 0 fully saturated rings. The molecule has 0 aliphatic carbocycles. The lowest BCUT2D eigenvalue weighted by molar-refractivity contribution is 0.0520. The highest BCUT2D eigenvalue weighted by Gasteiger charge is 2.20. The van der Waals surface area contributed by atoms with E-state index in [1.165, 1.54) is 6.07 Å². The highest BCUT2D eigenvalue weighted by Crippen LogP contribution is 2.32. The fourth-order valence-corrected chi connectivity index (χ4v) is 2.29. The molecule has 7 heteroatoms. The molecule has 25 heavy (non-hydrogen) atoms. The molecule has 0 amide bonds. The van der Waals surface area contributed by atoms with Crippen molar-refractivity contribution in [3.63, 3.8) is 0 Å². The summed E-state index contributed by atoms with van der Waals surface area (Å²) < 4.78 is 10.7. The number of ether oxygens (including phenoxy) is 2. The Hall–Kier alpha value is -3.35. The van der Waals surface area contributed by atoms with Crippen LogP contribution >= 0.6 is 0 Å². The second-order valence-electron chi connectivity index (χ2n) is 5.20. The van der Waals surface area contributed by atoms with E-state index in [1.54, 1.807) is 19.1 Å². The molecule has 0 bridgehead atoms. The Morgan fingerprint density at radius 3 is 2.72 bits per heavy atom. The van der Waals surface area contributed by atoms with Crippen molar-refractivity contribution in [2.45, 2.75) is 13.5 Å². The Morgan fingerprint density at radius 2 is 1.96 bits per heavy atom. The van der Waals surface area contributed by atoms with Gasteiger partial charge in [0.1, 0.15) is 12.3 Å². The molecule has 3 rings (SSSR count). The summed E-state index contributed by atoms with van der Waals surface area (Å²) in [5.74, 6) is -0.272. The van der Waals surface area contributed by atoms with Gasteiger partial charge in [0.25, 0.3) is 0 Å². The predicted molar refractivity (Wildman–Crippen MR) is 90.2 cm³/mol. The Balaban J connectivity index is 1.85. The summed E-state index contributed by atoms with van der Waals surface area (Å²) >= 11 is 0. The first-order valence-electron chi connectivity index (χ1n) is 7.77. The lowest BCUT2D eigenvalue weighted by Gasteiger charge is -2.10. The second-order valence-corrected chi connectivity index (χ2v) is 5.20. The van der Waals surface area contributed by atoms with Gasteiger partial charge in [-0.1, -0.05) is 30.3 Å². The number of phenolic OH excluding ortho intramolecular Hbond substituents is 1. The monoisotopic (exact) mass is 339 g/mol. The smallest absolute Gasteiger partial charge is 0.361 e. The molecule has 0 saturated carbocycles. The molecule has 7 nitrogen and oxygen atoms in total. The molecule has 3 aromatic rings. The molecule has 0 atom stereocenters. The molecule has 0 spiro atoms. The molecule has 1 heterocycles. The van der Waals surface area contributed by atoms with Crippen LogP contribution < -0.4 is 4.74 Å². The normalized spacial score (nSPS) is 10.4. The van der Waals surface area contributed by atoms with Crippen LogP contribution in [0.5, 0.6) is 11.5 Å². The summed E-state index contributed by atoms with van der Waals surface area (Å²) in [4.78, 5) is 11.9. The quantitative estimate of drug-likeness (QED) is 0.670. The van der Waals surface area contributed by atoms with Crippen LogP contribution in [0.2, 0.25) is 0 Å². The van der Waals surface area contributed by atoms with E-state index in [4.69, 9.17) is 9.47 Å². The first-order valence-corrected chi connectivity index (χ1v) is 7.77. The minimum Gasteiger partial charge on any atom is -0.504 e. The number of phenols is 1. The second kappa shape index (κ2) is 7.48. The predicted octanol–water partition coefficient (Wildman–Crippen LogP) is 2.93. The molecule has 2 aromatic carbocycles. The fourth-order valence-electron chi connectivity index (χ4n) is 2.29. The first-order chi connectivity index (χ1) is 12.2. The zero-order chi connectivity index (χ0) is 17.6. The maximum absolute atomic E-state index is 11.9. The third-order valence-corrected chi connectivity index (χ3v) is 3.49. The van der Waals surface area contributed by atoms with Crippen LogP contribution in [0.25, 0.3) is 11.3 Å². The van der Waals surface area contributed by atoms with E-state index < -0.39 is 5.97 Å². The van der Waals surface area contributed by atoms with Crippen molar-refractivity contribution < 1.29 is 19.4 Å². The van der Waals surface area contributed by atoms with Gasteiger partial charge in [0, 0.05) is 5.56 Å².